The van der Waals surface area contributed by atoms with Gasteiger partial charge in [-0.15, -0.1) is 0 Å². The van der Waals surface area contributed by atoms with E-state index in [4.69, 9.17) is 4.74 Å². The second-order valence-corrected chi connectivity index (χ2v) is 22.5. The monoisotopic (exact) mass is 1010 g/mol. The van der Waals surface area contributed by atoms with Crippen molar-refractivity contribution >= 4 is 11.9 Å². The molecular weight excluding hydrogens is 887 g/mol. The van der Waals surface area contributed by atoms with Crippen LogP contribution in [0.5, 0.6) is 0 Å². The molecule has 6 nitrogen and oxygen atoms in total. The zero-order valence-electron chi connectivity index (χ0n) is 48.7. The average Bonchev–Trinajstić information content (AvgIpc) is 3.38. The molecule has 2 atom stereocenters. The van der Waals surface area contributed by atoms with E-state index in [1.54, 1.807) is 0 Å². The summed E-state index contributed by atoms with van der Waals surface area (Å²) in [6.07, 6.45) is 76.3. The molecule has 0 aromatic heterocycles. The maximum absolute atomic E-state index is 12.5. The lowest BCUT2D eigenvalue weighted by atomic mass is 10.0. The highest BCUT2D eigenvalue weighted by molar-refractivity contribution is 5.76. The maximum Gasteiger partial charge on any atom is 0.305 e. The van der Waals surface area contributed by atoms with E-state index in [2.05, 4.69) is 43.5 Å². The number of hydrogen-bond donors (Lipinski definition) is 3. The van der Waals surface area contributed by atoms with Crippen LogP contribution < -0.4 is 5.32 Å². The molecule has 72 heavy (non-hydrogen) atoms. The normalized spacial score (nSPS) is 12.7. The van der Waals surface area contributed by atoms with Gasteiger partial charge in [-0.3, -0.25) is 9.59 Å². The van der Waals surface area contributed by atoms with Gasteiger partial charge in [0.15, 0.2) is 0 Å². The van der Waals surface area contributed by atoms with Gasteiger partial charge in [0, 0.05) is 12.8 Å². The molecule has 6 heteroatoms. The molecule has 0 aliphatic heterocycles. The van der Waals surface area contributed by atoms with Gasteiger partial charge in [-0.2, -0.15) is 0 Å². The van der Waals surface area contributed by atoms with E-state index < -0.39 is 12.1 Å². The van der Waals surface area contributed by atoms with Crippen molar-refractivity contribution in [2.45, 2.75) is 373 Å². The van der Waals surface area contributed by atoms with Crippen LogP contribution in [-0.2, 0) is 14.3 Å². The number of amides is 1. The lowest BCUT2D eigenvalue weighted by molar-refractivity contribution is -0.143. The molecular formula is C66H127NO5. The summed E-state index contributed by atoms with van der Waals surface area (Å²) in [6.45, 7) is 4.93. The SMILES string of the molecule is CCCCCCCCCCCCCCCCCCCCCCCCCCC(O)C(CO)NC(=O)CCCCCCCC/C=C\C=C/CCCCCOC(=O)CCCCCCCCCCCCCCCCCC. The van der Waals surface area contributed by atoms with E-state index in [0.717, 1.165) is 77.0 Å². The van der Waals surface area contributed by atoms with Crippen LogP contribution in [0.15, 0.2) is 24.3 Å². The predicted molar refractivity (Wildman–Crippen MR) is 315 cm³/mol. The quantitative estimate of drug-likeness (QED) is 0.0320. The number of allylic oxidation sites excluding steroid dienone is 4. The molecule has 2 unspecified atom stereocenters. The van der Waals surface area contributed by atoms with Gasteiger partial charge in [0.05, 0.1) is 25.4 Å². The molecule has 0 heterocycles. The van der Waals surface area contributed by atoms with Crippen LogP contribution in [0.1, 0.15) is 361 Å². The fourth-order valence-corrected chi connectivity index (χ4v) is 10.3. The van der Waals surface area contributed by atoms with Gasteiger partial charge in [-0.25, -0.2) is 0 Å². The van der Waals surface area contributed by atoms with Crippen molar-refractivity contribution in [2.75, 3.05) is 13.2 Å². The number of esters is 1. The van der Waals surface area contributed by atoms with Gasteiger partial charge in [0.1, 0.15) is 0 Å². The third-order valence-electron chi connectivity index (χ3n) is 15.3. The van der Waals surface area contributed by atoms with Crippen molar-refractivity contribution in [2.24, 2.45) is 0 Å². The summed E-state index contributed by atoms with van der Waals surface area (Å²) in [6, 6.07) is -0.559. The van der Waals surface area contributed by atoms with Crippen LogP contribution in [0.4, 0.5) is 0 Å². The summed E-state index contributed by atoms with van der Waals surface area (Å²) in [4.78, 5) is 24.6. The number of unbranched alkanes of at least 4 members (excludes halogenated alkanes) is 47. The first kappa shape index (κ1) is 70.3. The van der Waals surface area contributed by atoms with Crippen molar-refractivity contribution in [1.82, 2.24) is 5.32 Å². The Bertz CT molecular complexity index is 1120. The highest BCUT2D eigenvalue weighted by Gasteiger charge is 2.20. The highest BCUT2D eigenvalue weighted by atomic mass is 16.5. The topological polar surface area (TPSA) is 95.9 Å². The minimum atomic E-state index is -0.680. The molecule has 0 aliphatic carbocycles. The molecule has 0 saturated carbocycles. The second kappa shape index (κ2) is 61.9. The zero-order valence-corrected chi connectivity index (χ0v) is 48.7. The molecule has 0 aromatic carbocycles. The number of ether oxygens (including phenoxy) is 1. The van der Waals surface area contributed by atoms with E-state index in [0.29, 0.717) is 25.9 Å². The molecule has 0 fully saturated rings. The van der Waals surface area contributed by atoms with E-state index in [-0.39, 0.29) is 18.5 Å². The third kappa shape index (κ3) is 57.6. The number of carbonyl (C=O) groups excluding carboxylic acids is 2. The Kier molecular flexibility index (Phi) is 60.5. The first-order chi connectivity index (χ1) is 35.5. The molecule has 3 N–H and O–H groups in total. The van der Waals surface area contributed by atoms with E-state index >= 15 is 0 Å². The standard InChI is InChI=1S/C66H127NO5/c1-3-5-7-9-11-13-15-17-19-21-22-23-24-25-26-27-28-30-34-38-42-46-50-54-58-64(69)63(62-68)67-65(70)59-55-51-47-43-39-35-31-29-33-37-41-45-49-53-57-61-72-66(71)60-56-52-48-44-40-36-32-20-18-16-14-12-10-8-6-4-2/h29,33,37,41,63-64,68-69H,3-28,30-32,34-36,38-40,42-62H2,1-2H3,(H,67,70)/b33-29-,41-37-. The van der Waals surface area contributed by atoms with Gasteiger partial charge < -0.3 is 20.3 Å². The number of aliphatic hydroxyl groups excluding tert-OH is 2. The van der Waals surface area contributed by atoms with Crippen molar-refractivity contribution < 1.29 is 24.5 Å². The Labute approximate surface area is 450 Å². The zero-order chi connectivity index (χ0) is 52.2. The Morgan fingerprint density at radius 3 is 1.03 bits per heavy atom. The van der Waals surface area contributed by atoms with Crippen LogP contribution in [0.2, 0.25) is 0 Å². The second-order valence-electron chi connectivity index (χ2n) is 22.5. The summed E-state index contributed by atoms with van der Waals surface area (Å²) in [5.74, 6) is -0.0705. The smallest absolute Gasteiger partial charge is 0.305 e. The van der Waals surface area contributed by atoms with Gasteiger partial charge in [0.2, 0.25) is 5.91 Å². The highest BCUT2D eigenvalue weighted by Crippen LogP contribution is 2.18. The fraction of sp³-hybridized carbons (Fsp3) is 0.909. The van der Waals surface area contributed by atoms with E-state index in [1.165, 1.54) is 250 Å². The molecule has 0 saturated heterocycles. The van der Waals surface area contributed by atoms with Crippen molar-refractivity contribution in [3.8, 4) is 0 Å². The van der Waals surface area contributed by atoms with Crippen LogP contribution in [0.3, 0.4) is 0 Å². The first-order valence-electron chi connectivity index (χ1n) is 32.6. The summed E-state index contributed by atoms with van der Waals surface area (Å²) >= 11 is 0. The van der Waals surface area contributed by atoms with Gasteiger partial charge in [-0.05, 0) is 57.8 Å². The minimum absolute atomic E-state index is 0.0172. The number of carbonyl (C=O) groups is 2. The van der Waals surface area contributed by atoms with Crippen molar-refractivity contribution in [1.29, 1.82) is 0 Å². The lowest BCUT2D eigenvalue weighted by Crippen LogP contribution is -2.45. The maximum atomic E-state index is 12.5. The minimum Gasteiger partial charge on any atom is -0.466 e. The number of hydrogen-bond acceptors (Lipinski definition) is 5. The first-order valence-corrected chi connectivity index (χ1v) is 32.6. The number of aliphatic hydroxyl groups is 2. The molecule has 0 spiro atoms. The Hall–Kier alpha value is -1.66. The molecule has 0 rings (SSSR count). The summed E-state index contributed by atoms with van der Waals surface area (Å²) < 4.78 is 5.46. The molecule has 0 aliphatic rings. The number of nitrogens with one attached hydrogen (secondary N) is 1. The molecule has 426 valence electrons. The third-order valence-corrected chi connectivity index (χ3v) is 15.3. The summed E-state index contributed by atoms with van der Waals surface area (Å²) in [5.41, 5.74) is 0. The van der Waals surface area contributed by atoms with Crippen LogP contribution in [0, 0.1) is 0 Å². The lowest BCUT2D eigenvalue weighted by Gasteiger charge is -2.22. The molecule has 1 amide bonds. The van der Waals surface area contributed by atoms with Crippen molar-refractivity contribution in [3.63, 3.8) is 0 Å². The largest absolute Gasteiger partial charge is 0.466 e. The fourth-order valence-electron chi connectivity index (χ4n) is 10.3. The van der Waals surface area contributed by atoms with E-state index in [1.807, 2.05) is 0 Å². The Morgan fingerprint density at radius 2 is 0.681 bits per heavy atom. The van der Waals surface area contributed by atoms with Gasteiger partial charge in [0.25, 0.3) is 0 Å². The van der Waals surface area contributed by atoms with Crippen LogP contribution >= 0.6 is 0 Å². The number of rotatable bonds is 61. The average molecular weight is 1010 g/mol. The van der Waals surface area contributed by atoms with Crippen LogP contribution in [0.25, 0.3) is 0 Å². The summed E-state index contributed by atoms with van der Waals surface area (Å²) in [5, 5.41) is 23.4. The molecule has 0 bridgehead atoms. The van der Waals surface area contributed by atoms with Gasteiger partial charge >= 0.3 is 5.97 Å². The molecule has 0 aromatic rings. The van der Waals surface area contributed by atoms with Crippen molar-refractivity contribution in [3.05, 3.63) is 24.3 Å². The Balaban J connectivity index is 3.48. The van der Waals surface area contributed by atoms with Crippen LogP contribution in [-0.4, -0.2) is 47.4 Å². The van der Waals surface area contributed by atoms with E-state index in [9.17, 15) is 19.8 Å². The van der Waals surface area contributed by atoms with Gasteiger partial charge in [-0.1, -0.05) is 314 Å². The Morgan fingerprint density at radius 1 is 0.389 bits per heavy atom. The summed E-state index contributed by atoms with van der Waals surface area (Å²) in [7, 11) is 0. The molecule has 0 radical (unpaired) electrons. The predicted octanol–water partition coefficient (Wildman–Crippen LogP) is 20.6.